The first kappa shape index (κ1) is 21.4. The molecule has 1 unspecified atom stereocenters. The minimum absolute atomic E-state index is 0.00709. The Morgan fingerprint density at radius 1 is 1.21 bits per heavy atom. The minimum atomic E-state index is -0.368. The highest BCUT2D eigenvalue weighted by atomic mass is 32.2. The summed E-state index contributed by atoms with van der Waals surface area (Å²) < 4.78 is 14.8. The lowest BCUT2D eigenvalue weighted by Crippen LogP contribution is -2.33. The van der Waals surface area contributed by atoms with Crippen LogP contribution in [0.4, 0.5) is 4.39 Å². The molecule has 0 radical (unpaired) electrons. The molecule has 5 nitrogen and oxygen atoms in total. The van der Waals surface area contributed by atoms with E-state index in [2.05, 4.69) is 10.3 Å². The molecule has 0 aliphatic heterocycles. The molecule has 152 valence electrons. The van der Waals surface area contributed by atoms with Crippen LogP contribution in [0.3, 0.4) is 0 Å². The molecule has 1 aromatic heterocycles. The molecule has 1 heterocycles. The summed E-state index contributed by atoms with van der Waals surface area (Å²) in [4.78, 5) is 29.6. The highest BCUT2D eigenvalue weighted by Crippen LogP contribution is 2.24. The van der Waals surface area contributed by atoms with Crippen molar-refractivity contribution in [2.45, 2.75) is 31.5 Å². The minimum Gasteiger partial charge on any atom is -0.353 e. The molecule has 3 rings (SSSR count). The summed E-state index contributed by atoms with van der Waals surface area (Å²) in [6.45, 7) is 3.99. The Morgan fingerprint density at radius 3 is 2.66 bits per heavy atom. The Balaban J connectivity index is 1.82. The predicted octanol–water partition coefficient (Wildman–Crippen LogP) is 4.22. The molecule has 0 bridgehead atoms. The van der Waals surface area contributed by atoms with Crippen LogP contribution in [0.5, 0.6) is 0 Å². The zero-order valence-corrected chi connectivity index (χ0v) is 17.9. The summed E-state index contributed by atoms with van der Waals surface area (Å²) in [6.07, 6.45) is 0.885. The van der Waals surface area contributed by atoms with E-state index in [1.165, 1.54) is 40.2 Å². The third kappa shape index (κ3) is 5.39. The first-order valence-corrected chi connectivity index (χ1v) is 11.4. The molecule has 8 heteroatoms. The fourth-order valence-electron chi connectivity index (χ4n) is 2.67. The predicted molar refractivity (Wildman–Crippen MR) is 118 cm³/mol. The van der Waals surface area contributed by atoms with Gasteiger partial charge in [0.15, 0.2) is 5.16 Å². The molecular weight excluding hydrogens is 409 g/mol. The van der Waals surface area contributed by atoms with Gasteiger partial charge in [-0.05, 0) is 49.7 Å². The van der Waals surface area contributed by atoms with Crippen LogP contribution in [0.1, 0.15) is 20.3 Å². The molecule has 2 aromatic carbocycles. The number of rotatable bonds is 8. The van der Waals surface area contributed by atoms with E-state index in [-0.39, 0.29) is 23.3 Å². The first-order valence-electron chi connectivity index (χ1n) is 9.27. The molecule has 0 saturated heterocycles. The molecule has 0 aliphatic carbocycles. The van der Waals surface area contributed by atoms with Crippen LogP contribution in [0, 0.1) is 5.82 Å². The van der Waals surface area contributed by atoms with E-state index in [0.717, 1.165) is 6.42 Å². The maximum absolute atomic E-state index is 13.3. The smallest absolute Gasteiger partial charge is 0.266 e. The van der Waals surface area contributed by atoms with Crippen molar-refractivity contribution >= 4 is 40.3 Å². The van der Waals surface area contributed by atoms with Crippen molar-refractivity contribution in [2.24, 2.45) is 0 Å². The number of carbonyl (C=O) groups excluding carboxylic acids is 1. The van der Waals surface area contributed by atoms with E-state index in [9.17, 15) is 14.0 Å². The molecule has 29 heavy (non-hydrogen) atoms. The first-order chi connectivity index (χ1) is 14.0. The van der Waals surface area contributed by atoms with Gasteiger partial charge in [0, 0.05) is 11.1 Å². The Bertz CT molecular complexity index is 1050. The summed E-state index contributed by atoms with van der Waals surface area (Å²) in [7, 11) is 0. The number of amides is 1. The van der Waals surface area contributed by atoms with Crippen LogP contribution < -0.4 is 10.9 Å². The fraction of sp³-hybridized carbons (Fsp3) is 0.286. The highest BCUT2D eigenvalue weighted by Gasteiger charge is 2.14. The van der Waals surface area contributed by atoms with Crippen molar-refractivity contribution < 1.29 is 9.18 Å². The van der Waals surface area contributed by atoms with Gasteiger partial charge in [0.25, 0.3) is 5.56 Å². The second-order valence-electron chi connectivity index (χ2n) is 6.52. The van der Waals surface area contributed by atoms with Crippen LogP contribution in [-0.4, -0.2) is 32.3 Å². The number of carbonyl (C=O) groups is 1. The van der Waals surface area contributed by atoms with Crippen molar-refractivity contribution in [3.05, 3.63) is 64.7 Å². The van der Waals surface area contributed by atoms with Crippen molar-refractivity contribution in [2.75, 3.05) is 10.8 Å². The normalized spacial score (nSPS) is 12.1. The number of thioether (sulfide) groups is 2. The number of nitrogens with one attached hydrogen (secondary N) is 1. The number of para-hydroxylation sites is 1. The number of halogens is 1. The Hall–Kier alpha value is -2.32. The summed E-state index contributed by atoms with van der Waals surface area (Å²) in [6, 6.07) is 13.1. The molecule has 3 aromatic rings. The van der Waals surface area contributed by atoms with Gasteiger partial charge in [-0.3, -0.25) is 14.2 Å². The molecule has 0 fully saturated rings. The summed E-state index contributed by atoms with van der Waals surface area (Å²) in [5.41, 5.74) is 0.957. The van der Waals surface area contributed by atoms with Gasteiger partial charge in [0.2, 0.25) is 5.91 Å². The van der Waals surface area contributed by atoms with Crippen molar-refractivity contribution in [3.63, 3.8) is 0 Å². The van der Waals surface area contributed by atoms with Crippen LogP contribution in [-0.2, 0) is 4.79 Å². The summed E-state index contributed by atoms with van der Waals surface area (Å²) in [5.74, 6) is -0.0360. The van der Waals surface area contributed by atoms with E-state index in [4.69, 9.17) is 0 Å². The topological polar surface area (TPSA) is 64.0 Å². The van der Waals surface area contributed by atoms with Crippen molar-refractivity contribution in [3.8, 4) is 5.69 Å². The van der Waals surface area contributed by atoms with Gasteiger partial charge in [0.1, 0.15) is 5.82 Å². The van der Waals surface area contributed by atoms with Crippen LogP contribution >= 0.6 is 23.5 Å². The molecular formula is C21H22FN3O2S2. The lowest BCUT2D eigenvalue weighted by molar-refractivity contribution is -0.119. The van der Waals surface area contributed by atoms with Gasteiger partial charge in [-0.25, -0.2) is 9.37 Å². The maximum Gasteiger partial charge on any atom is 0.266 e. The summed E-state index contributed by atoms with van der Waals surface area (Å²) in [5, 5.41) is 4.50. The Morgan fingerprint density at radius 2 is 1.93 bits per heavy atom. The number of aromatic nitrogens is 2. The van der Waals surface area contributed by atoms with E-state index in [1.807, 2.05) is 19.9 Å². The second-order valence-corrected chi connectivity index (χ2v) is 8.81. The van der Waals surface area contributed by atoms with Crippen LogP contribution in [0.2, 0.25) is 0 Å². The number of fused-ring (bicyclic) bond motifs is 1. The lowest BCUT2D eigenvalue weighted by atomic mass is 10.2. The number of nitrogens with zero attached hydrogens (tertiary/aromatic N) is 2. The zero-order chi connectivity index (χ0) is 20.8. The highest BCUT2D eigenvalue weighted by molar-refractivity contribution is 8.16. The molecule has 0 spiro atoms. The van der Waals surface area contributed by atoms with Gasteiger partial charge in [-0.2, -0.15) is 0 Å². The number of hydrogen-bond acceptors (Lipinski definition) is 5. The Kier molecular flexibility index (Phi) is 7.33. The fourth-order valence-corrected chi connectivity index (χ4v) is 4.51. The van der Waals surface area contributed by atoms with E-state index in [0.29, 0.717) is 32.6 Å². The number of hydrogen-bond donors (Lipinski definition) is 1. The van der Waals surface area contributed by atoms with Crippen LogP contribution in [0.15, 0.2) is 58.5 Å². The molecule has 0 saturated carbocycles. The van der Waals surface area contributed by atoms with Gasteiger partial charge < -0.3 is 5.32 Å². The molecule has 1 atom stereocenters. The van der Waals surface area contributed by atoms with Gasteiger partial charge in [-0.1, -0.05) is 30.8 Å². The zero-order valence-electron chi connectivity index (χ0n) is 16.2. The third-order valence-electron chi connectivity index (χ3n) is 4.35. The molecule has 0 aliphatic rings. The number of benzene rings is 2. The van der Waals surface area contributed by atoms with E-state index >= 15 is 0 Å². The standard InChI is InChI=1S/C21H22FN3O2S2/c1-3-14(2)23-19(26)12-28-13-29-21-24-18-7-5-4-6-17(18)20(27)25(21)16-10-8-15(22)9-11-16/h4-11,14H,3,12-13H2,1-2H3,(H,23,26). The summed E-state index contributed by atoms with van der Waals surface area (Å²) >= 11 is 2.84. The lowest BCUT2D eigenvalue weighted by Gasteiger charge is -2.13. The quantitative estimate of drug-likeness (QED) is 0.250. The van der Waals surface area contributed by atoms with E-state index in [1.54, 1.807) is 30.3 Å². The average molecular weight is 432 g/mol. The van der Waals surface area contributed by atoms with Crippen LogP contribution in [0.25, 0.3) is 16.6 Å². The second kappa shape index (κ2) is 9.93. The Labute approximate surface area is 177 Å². The molecule has 1 N–H and O–H groups in total. The van der Waals surface area contributed by atoms with Crippen molar-refractivity contribution in [1.29, 1.82) is 0 Å². The van der Waals surface area contributed by atoms with Crippen molar-refractivity contribution in [1.82, 2.24) is 14.9 Å². The third-order valence-corrected chi connectivity index (χ3v) is 6.49. The van der Waals surface area contributed by atoms with Gasteiger partial charge in [-0.15, -0.1) is 11.8 Å². The van der Waals surface area contributed by atoms with Gasteiger partial charge >= 0.3 is 0 Å². The largest absolute Gasteiger partial charge is 0.353 e. The average Bonchev–Trinajstić information content (AvgIpc) is 2.72. The van der Waals surface area contributed by atoms with E-state index < -0.39 is 0 Å². The monoisotopic (exact) mass is 431 g/mol. The SMILES string of the molecule is CCC(C)NC(=O)CSCSc1nc2ccccc2c(=O)n1-c1ccc(F)cc1. The molecule has 1 amide bonds. The van der Waals surface area contributed by atoms with Gasteiger partial charge in [0.05, 0.1) is 22.3 Å². The maximum atomic E-state index is 13.3.